The Morgan fingerprint density at radius 3 is 2.26 bits per heavy atom. The number of thiocarbonyl (C=S) groups is 1. The van der Waals surface area contributed by atoms with E-state index < -0.39 is 6.61 Å². The van der Waals surface area contributed by atoms with E-state index in [1.807, 2.05) is 0 Å². The third-order valence-electron chi connectivity index (χ3n) is 2.75. The maximum atomic E-state index is 12.2. The second-order valence-electron chi connectivity index (χ2n) is 4.33. The summed E-state index contributed by atoms with van der Waals surface area (Å²) >= 11 is 11.1. The molecule has 0 bridgehead atoms. The van der Waals surface area contributed by atoms with Crippen LogP contribution in [0, 0.1) is 0 Å². The summed E-state index contributed by atoms with van der Waals surface area (Å²) in [5.41, 5.74) is 1.31. The molecule has 23 heavy (non-hydrogen) atoms. The molecule has 2 aromatic carbocycles. The lowest BCUT2D eigenvalue weighted by atomic mass is 10.3. The molecule has 0 radical (unpaired) electrons. The fraction of sp³-hybridized carbons (Fsp3) is 0.133. The maximum absolute atomic E-state index is 12.2. The molecule has 122 valence electrons. The van der Waals surface area contributed by atoms with E-state index in [2.05, 4.69) is 15.4 Å². The normalized spacial score (nSPS) is 10.3. The van der Waals surface area contributed by atoms with Gasteiger partial charge in [0.2, 0.25) is 0 Å². The monoisotopic (exact) mass is 358 g/mol. The molecule has 0 aromatic heterocycles. The Bertz CT molecular complexity index is 684. The zero-order valence-electron chi connectivity index (χ0n) is 12.0. The van der Waals surface area contributed by atoms with Gasteiger partial charge in [-0.1, -0.05) is 11.6 Å². The molecule has 0 aliphatic rings. The van der Waals surface area contributed by atoms with Gasteiger partial charge in [-0.2, -0.15) is 8.78 Å². The predicted octanol–water partition coefficient (Wildman–Crippen LogP) is 4.76. The topological polar surface area (TPSA) is 42.5 Å². The fourth-order valence-electron chi connectivity index (χ4n) is 1.74. The number of alkyl halides is 2. The van der Waals surface area contributed by atoms with Crippen LogP contribution in [0.5, 0.6) is 11.5 Å². The van der Waals surface area contributed by atoms with Gasteiger partial charge in [-0.05, 0) is 54.7 Å². The van der Waals surface area contributed by atoms with Crippen LogP contribution in [0.15, 0.2) is 42.5 Å². The number of ether oxygens (including phenoxy) is 2. The number of nitrogens with one attached hydrogen (secondary N) is 2. The largest absolute Gasteiger partial charge is 0.497 e. The SMILES string of the molecule is COc1ccc(NC(=S)Nc2ccc(OC(F)F)c(Cl)c2)cc1. The first-order valence-electron chi connectivity index (χ1n) is 6.44. The summed E-state index contributed by atoms with van der Waals surface area (Å²) < 4.78 is 33.7. The van der Waals surface area contributed by atoms with Crippen molar-refractivity contribution in [3.63, 3.8) is 0 Å². The molecule has 0 saturated heterocycles. The van der Waals surface area contributed by atoms with E-state index >= 15 is 0 Å². The average molecular weight is 359 g/mol. The molecule has 2 rings (SSSR count). The second-order valence-corrected chi connectivity index (χ2v) is 5.15. The molecule has 0 aliphatic heterocycles. The molecule has 0 spiro atoms. The molecule has 0 heterocycles. The molecule has 8 heteroatoms. The maximum Gasteiger partial charge on any atom is 0.387 e. The Labute approximate surface area is 142 Å². The fourth-order valence-corrected chi connectivity index (χ4v) is 2.20. The highest BCUT2D eigenvalue weighted by Gasteiger charge is 2.09. The number of hydrogen-bond donors (Lipinski definition) is 2. The number of anilines is 2. The van der Waals surface area contributed by atoms with Gasteiger partial charge >= 0.3 is 6.61 Å². The van der Waals surface area contributed by atoms with E-state index in [0.29, 0.717) is 10.8 Å². The standard InChI is InChI=1S/C15H13ClF2N2O2S/c1-21-11-5-2-9(3-6-11)19-15(23)20-10-4-7-13(12(16)8-10)22-14(17)18/h2-8,14H,1H3,(H2,19,20,23). The number of halogens is 3. The Kier molecular flexibility index (Phi) is 5.95. The van der Waals surface area contributed by atoms with Gasteiger partial charge in [0, 0.05) is 11.4 Å². The third kappa shape index (κ3) is 5.22. The van der Waals surface area contributed by atoms with Crippen LogP contribution >= 0.6 is 23.8 Å². The molecule has 0 unspecified atom stereocenters. The molecule has 0 aliphatic carbocycles. The quantitative estimate of drug-likeness (QED) is 0.754. The van der Waals surface area contributed by atoms with Crippen molar-refractivity contribution >= 4 is 40.3 Å². The van der Waals surface area contributed by atoms with Crippen molar-refractivity contribution in [2.24, 2.45) is 0 Å². The van der Waals surface area contributed by atoms with Crippen molar-refractivity contribution in [1.82, 2.24) is 0 Å². The summed E-state index contributed by atoms with van der Waals surface area (Å²) in [5.74, 6) is 0.636. The minimum Gasteiger partial charge on any atom is -0.497 e. The van der Waals surface area contributed by atoms with E-state index in [1.54, 1.807) is 31.4 Å². The Morgan fingerprint density at radius 1 is 1.09 bits per heavy atom. The lowest BCUT2D eigenvalue weighted by Crippen LogP contribution is -2.19. The van der Waals surface area contributed by atoms with Gasteiger partial charge in [-0.3, -0.25) is 0 Å². The molecule has 4 nitrogen and oxygen atoms in total. The van der Waals surface area contributed by atoms with Crippen molar-refractivity contribution in [2.75, 3.05) is 17.7 Å². The van der Waals surface area contributed by atoms with Crippen molar-refractivity contribution in [3.05, 3.63) is 47.5 Å². The Balaban J connectivity index is 1.98. The molecule has 0 amide bonds. The number of methoxy groups -OCH3 is 1. The molecule has 2 N–H and O–H groups in total. The van der Waals surface area contributed by atoms with Crippen molar-refractivity contribution in [3.8, 4) is 11.5 Å². The summed E-state index contributed by atoms with van der Waals surface area (Å²) in [6.07, 6.45) is 0. The predicted molar refractivity (Wildman–Crippen MR) is 90.9 cm³/mol. The molecule has 0 fully saturated rings. The zero-order valence-corrected chi connectivity index (χ0v) is 13.5. The molecule has 0 atom stereocenters. The smallest absolute Gasteiger partial charge is 0.387 e. The average Bonchev–Trinajstić information content (AvgIpc) is 2.50. The van der Waals surface area contributed by atoms with Gasteiger partial charge in [0.25, 0.3) is 0 Å². The number of benzene rings is 2. The number of hydrogen-bond acceptors (Lipinski definition) is 3. The van der Waals surface area contributed by atoms with Crippen LogP contribution in [0.1, 0.15) is 0 Å². The van der Waals surface area contributed by atoms with E-state index in [9.17, 15) is 8.78 Å². The summed E-state index contributed by atoms with van der Waals surface area (Å²) in [5, 5.41) is 6.27. The first kappa shape index (κ1) is 17.2. The third-order valence-corrected chi connectivity index (χ3v) is 3.25. The minimum atomic E-state index is -2.93. The van der Waals surface area contributed by atoms with Crippen LogP contribution < -0.4 is 20.1 Å². The van der Waals surface area contributed by atoms with Gasteiger partial charge in [-0.15, -0.1) is 0 Å². The molecular formula is C15H13ClF2N2O2S. The van der Waals surface area contributed by atoms with Crippen LogP contribution in [0.2, 0.25) is 5.02 Å². The second kappa shape index (κ2) is 7.94. The molecule has 0 saturated carbocycles. The summed E-state index contributed by atoms with van der Waals surface area (Å²) in [4.78, 5) is 0. The number of rotatable bonds is 5. The van der Waals surface area contributed by atoms with Crippen LogP contribution in [-0.2, 0) is 0 Å². The van der Waals surface area contributed by atoms with Crippen LogP contribution in [0.3, 0.4) is 0 Å². The van der Waals surface area contributed by atoms with Gasteiger partial charge in [-0.25, -0.2) is 0 Å². The van der Waals surface area contributed by atoms with Gasteiger partial charge in [0.05, 0.1) is 12.1 Å². The lowest BCUT2D eigenvalue weighted by Gasteiger charge is -2.12. The summed E-state index contributed by atoms with van der Waals surface area (Å²) in [6, 6.07) is 11.5. The van der Waals surface area contributed by atoms with Crippen LogP contribution in [0.25, 0.3) is 0 Å². The van der Waals surface area contributed by atoms with E-state index in [-0.39, 0.29) is 10.8 Å². The zero-order chi connectivity index (χ0) is 16.8. The first-order chi connectivity index (χ1) is 11.0. The van der Waals surface area contributed by atoms with E-state index in [1.165, 1.54) is 18.2 Å². The highest BCUT2D eigenvalue weighted by atomic mass is 35.5. The highest BCUT2D eigenvalue weighted by Crippen LogP contribution is 2.29. The van der Waals surface area contributed by atoms with Gasteiger partial charge in [0.1, 0.15) is 11.5 Å². The molecule has 2 aromatic rings. The summed E-state index contributed by atoms with van der Waals surface area (Å²) in [7, 11) is 1.58. The first-order valence-corrected chi connectivity index (χ1v) is 7.23. The van der Waals surface area contributed by atoms with E-state index in [0.717, 1.165) is 11.4 Å². The van der Waals surface area contributed by atoms with Crippen molar-refractivity contribution in [1.29, 1.82) is 0 Å². The minimum absolute atomic E-state index is 0.0579. The van der Waals surface area contributed by atoms with Gasteiger partial charge in [0.15, 0.2) is 5.11 Å². The highest BCUT2D eigenvalue weighted by molar-refractivity contribution is 7.80. The lowest BCUT2D eigenvalue weighted by molar-refractivity contribution is -0.0497. The Hall–Kier alpha value is -2.12. The van der Waals surface area contributed by atoms with Gasteiger partial charge < -0.3 is 20.1 Å². The van der Waals surface area contributed by atoms with Crippen molar-refractivity contribution < 1.29 is 18.3 Å². The van der Waals surface area contributed by atoms with Crippen molar-refractivity contribution in [2.45, 2.75) is 6.61 Å². The van der Waals surface area contributed by atoms with Crippen LogP contribution in [-0.4, -0.2) is 18.8 Å². The Morgan fingerprint density at radius 2 is 1.70 bits per heavy atom. The molecular weight excluding hydrogens is 346 g/mol. The van der Waals surface area contributed by atoms with Crippen LogP contribution in [0.4, 0.5) is 20.2 Å². The van der Waals surface area contributed by atoms with E-state index in [4.69, 9.17) is 28.6 Å². The summed E-state index contributed by atoms with van der Waals surface area (Å²) in [6.45, 7) is -2.93.